The average Bonchev–Trinajstić information content (AvgIpc) is 2.90. The Morgan fingerprint density at radius 3 is 2.03 bits per heavy atom. The third-order valence-corrected chi connectivity index (χ3v) is 11.9. The second kappa shape index (κ2) is 9.38. The maximum absolute atomic E-state index is 12.7. The molecule has 0 saturated carbocycles. The SMILES string of the molecule is CCC[CH2][Sn]1([Cl])[O]c2ccc(C=C(C(=O)OC(C)(C)C)C(=O)OC(C)(C)C)cc2[O]1. The van der Waals surface area contributed by atoms with Crippen LogP contribution in [0.1, 0.15) is 66.9 Å². The number of hydrogen-bond donors (Lipinski definition) is 0. The van der Waals surface area contributed by atoms with E-state index in [1.807, 2.05) is 0 Å². The molecule has 0 N–H and O–H groups in total. The van der Waals surface area contributed by atoms with E-state index >= 15 is 0 Å². The van der Waals surface area contributed by atoms with Crippen molar-refractivity contribution in [1.82, 2.24) is 0 Å². The predicted molar refractivity (Wildman–Crippen MR) is 119 cm³/mol. The molecule has 0 saturated heterocycles. The van der Waals surface area contributed by atoms with Gasteiger partial charge in [0.2, 0.25) is 0 Å². The quantitative estimate of drug-likeness (QED) is 0.155. The molecule has 1 aromatic rings. The van der Waals surface area contributed by atoms with Crippen LogP contribution in [0.15, 0.2) is 23.8 Å². The van der Waals surface area contributed by atoms with Gasteiger partial charge in [0.25, 0.3) is 0 Å². The van der Waals surface area contributed by atoms with Gasteiger partial charge in [0, 0.05) is 0 Å². The van der Waals surface area contributed by atoms with Crippen LogP contribution in [0.2, 0.25) is 4.44 Å². The summed E-state index contributed by atoms with van der Waals surface area (Å²) in [6, 6.07) is 5.21. The third kappa shape index (κ3) is 7.37. The van der Waals surface area contributed by atoms with E-state index in [0.29, 0.717) is 17.1 Å². The fraction of sp³-hybridized carbons (Fsp3) is 0.545. The van der Waals surface area contributed by atoms with Crippen LogP contribution in [-0.2, 0) is 19.1 Å². The van der Waals surface area contributed by atoms with E-state index in [4.69, 9.17) is 24.5 Å². The molecule has 1 heterocycles. The van der Waals surface area contributed by atoms with Crippen molar-refractivity contribution in [3.63, 3.8) is 0 Å². The number of esters is 2. The second-order valence-electron chi connectivity index (χ2n) is 9.24. The van der Waals surface area contributed by atoms with Gasteiger partial charge in [-0.1, -0.05) is 0 Å². The van der Waals surface area contributed by atoms with E-state index < -0.39 is 41.2 Å². The molecule has 1 aliphatic heterocycles. The molecule has 0 amide bonds. The van der Waals surface area contributed by atoms with Gasteiger partial charge in [-0.25, -0.2) is 0 Å². The van der Waals surface area contributed by atoms with Crippen LogP contribution in [-0.4, -0.2) is 41.2 Å². The first-order valence-electron chi connectivity index (χ1n) is 10.1. The minimum absolute atomic E-state index is 0.189. The van der Waals surface area contributed by atoms with E-state index in [9.17, 15) is 9.59 Å². The van der Waals surface area contributed by atoms with Crippen molar-refractivity contribution in [3.8, 4) is 11.5 Å². The Morgan fingerprint density at radius 2 is 1.53 bits per heavy atom. The molecule has 0 bridgehead atoms. The molecular formula is C22H31ClO6Sn. The Labute approximate surface area is 187 Å². The summed E-state index contributed by atoms with van der Waals surface area (Å²) in [7, 11) is 6.62. The summed E-state index contributed by atoms with van der Waals surface area (Å²) in [5.41, 5.74) is -1.10. The van der Waals surface area contributed by atoms with Crippen molar-refractivity contribution in [2.24, 2.45) is 0 Å². The van der Waals surface area contributed by atoms with Crippen molar-refractivity contribution >= 4 is 45.0 Å². The van der Waals surface area contributed by atoms with Crippen molar-refractivity contribution in [1.29, 1.82) is 0 Å². The Balaban J connectivity index is 2.34. The summed E-state index contributed by atoms with van der Waals surface area (Å²) in [6.45, 7) is 12.5. The molecule has 30 heavy (non-hydrogen) atoms. The van der Waals surface area contributed by atoms with Gasteiger partial charge in [0.05, 0.1) is 0 Å². The van der Waals surface area contributed by atoms with Gasteiger partial charge >= 0.3 is 188 Å². The first-order valence-corrected chi connectivity index (χ1v) is 18.1. The average molecular weight is 546 g/mol. The normalized spacial score (nSPS) is 18.0. The van der Waals surface area contributed by atoms with Crippen molar-refractivity contribution in [2.45, 2.75) is 76.9 Å². The Hall–Kier alpha value is -1.41. The number of ether oxygens (including phenoxy) is 2. The van der Waals surface area contributed by atoms with Crippen LogP contribution in [0.3, 0.4) is 0 Å². The summed E-state index contributed by atoms with van der Waals surface area (Å²) >= 11 is -3.62. The first kappa shape index (κ1) is 24.9. The van der Waals surface area contributed by atoms with Crippen molar-refractivity contribution in [2.75, 3.05) is 0 Å². The number of hydrogen-bond acceptors (Lipinski definition) is 6. The van der Waals surface area contributed by atoms with E-state index in [0.717, 1.165) is 17.3 Å². The van der Waals surface area contributed by atoms with Crippen molar-refractivity contribution in [3.05, 3.63) is 29.3 Å². The summed E-state index contributed by atoms with van der Waals surface area (Å²) < 4.78 is 23.5. The van der Waals surface area contributed by atoms with E-state index in [1.165, 1.54) is 6.08 Å². The first-order chi connectivity index (χ1) is 13.7. The number of carbonyl (C=O) groups excluding carboxylic acids is 2. The molecule has 1 unspecified atom stereocenters. The molecule has 0 aromatic heterocycles. The van der Waals surface area contributed by atoms with E-state index in [1.54, 1.807) is 59.7 Å². The number of carbonyl (C=O) groups is 2. The molecule has 0 radical (unpaired) electrons. The molecular weight excluding hydrogens is 514 g/mol. The van der Waals surface area contributed by atoms with Gasteiger partial charge < -0.3 is 0 Å². The fourth-order valence-corrected chi connectivity index (χ4v) is 10.4. The fourth-order valence-electron chi connectivity index (χ4n) is 2.65. The zero-order valence-electron chi connectivity index (χ0n) is 18.8. The van der Waals surface area contributed by atoms with Crippen LogP contribution in [0.25, 0.3) is 6.08 Å². The van der Waals surface area contributed by atoms with Crippen LogP contribution < -0.4 is 6.15 Å². The zero-order chi connectivity index (χ0) is 22.7. The number of unbranched alkanes of at least 4 members (excludes halogenated alkanes) is 1. The number of halogens is 1. The minimum atomic E-state index is -3.62. The molecule has 0 fully saturated rings. The molecule has 0 spiro atoms. The van der Waals surface area contributed by atoms with Gasteiger partial charge in [-0.15, -0.1) is 0 Å². The van der Waals surface area contributed by atoms with Gasteiger partial charge in [-0.05, 0) is 0 Å². The Morgan fingerprint density at radius 1 is 1.00 bits per heavy atom. The van der Waals surface area contributed by atoms with Crippen LogP contribution in [0, 0.1) is 0 Å². The summed E-state index contributed by atoms with van der Waals surface area (Å²) in [5.74, 6) is -0.352. The number of rotatable bonds is 6. The summed E-state index contributed by atoms with van der Waals surface area (Å²) in [5, 5.41) is 0. The van der Waals surface area contributed by atoms with Gasteiger partial charge in [-0.3, -0.25) is 0 Å². The second-order valence-corrected chi connectivity index (χ2v) is 19.5. The van der Waals surface area contributed by atoms with E-state index in [-0.39, 0.29) is 5.57 Å². The molecule has 6 nitrogen and oxygen atoms in total. The van der Waals surface area contributed by atoms with E-state index in [2.05, 4.69) is 6.92 Å². The topological polar surface area (TPSA) is 71.1 Å². The molecule has 1 atom stereocenters. The molecule has 0 aliphatic carbocycles. The predicted octanol–water partition coefficient (Wildman–Crippen LogP) is 5.50. The van der Waals surface area contributed by atoms with Crippen LogP contribution in [0.4, 0.5) is 0 Å². The monoisotopic (exact) mass is 546 g/mol. The van der Waals surface area contributed by atoms with Crippen molar-refractivity contribution < 1.29 is 25.2 Å². The number of benzene rings is 1. The Bertz CT molecular complexity index is 807. The summed E-state index contributed by atoms with van der Waals surface area (Å²) in [4.78, 5) is 25.4. The van der Waals surface area contributed by atoms with Crippen LogP contribution in [0.5, 0.6) is 11.5 Å². The molecule has 1 aliphatic rings. The van der Waals surface area contributed by atoms with Gasteiger partial charge in [0.15, 0.2) is 0 Å². The maximum atomic E-state index is 12.7. The summed E-state index contributed by atoms with van der Waals surface area (Å²) in [6.07, 6.45) is 3.40. The molecule has 2 rings (SSSR count). The van der Waals surface area contributed by atoms with Crippen LogP contribution >= 0.6 is 8.92 Å². The standard InChI is InChI=1S/C18H24O6.C4H9.ClH.Sn/c1-17(2,3)23-15(21)12(16(22)24-18(4,5)6)9-11-7-8-13(19)14(20)10-11;1-3-4-2;;/h7-10,19-20H,1-6H3;1,3-4H2,2H3;1H;/q;;;+3/p-3. The molecule has 8 heteroatoms. The van der Waals surface area contributed by atoms with Gasteiger partial charge in [-0.2, -0.15) is 0 Å². The zero-order valence-corrected chi connectivity index (χ0v) is 22.4. The third-order valence-electron chi connectivity index (χ3n) is 3.87. The molecule has 166 valence electrons. The number of fused-ring (bicyclic) bond motifs is 1. The van der Waals surface area contributed by atoms with Gasteiger partial charge in [0.1, 0.15) is 0 Å². The Kier molecular flexibility index (Phi) is 7.77. The molecule has 1 aromatic carbocycles.